The maximum Gasteiger partial charge on any atom is 0.472 e. The van der Waals surface area contributed by atoms with Crippen molar-refractivity contribution in [1.29, 1.82) is 0 Å². The molecular formula is C51H89O13P. The molecule has 0 heterocycles. The van der Waals surface area contributed by atoms with E-state index in [0.717, 1.165) is 109 Å². The van der Waals surface area contributed by atoms with E-state index in [2.05, 4.69) is 74.6 Å². The SMILES string of the molecule is CC/C=C\C/C=C\C/C=C\C/C=C\CCCCCCCCCCC(=O)OC(COC(=O)CCCCCCC/C=C\CCCCCCCC)COP(=O)(O)OC1C(O)C(O)C(O)C(O)C1O. The first-order chi connectivity index (χ1) is 31.4. The van der Waals surface area contributed by atoms with Gasteiger partial charge in [0, 0.05) is 12.8 Å². The van der Waals surface area contributed by atoms with Gasteiger partial charge in [-0.1, -0.05) is 164 Å². The summed E-state index contributed by atoms with van der Waals surface area (Å²) < 4.78 is 33.6. The van der Waals surface area contributed by atoms with Crippen LogP contribution in [0.15, 0.2) is 60.8 Å². The second-order valence-electron chi connectivity index (χ2n) is 17.3. The molecule has 65 heavy (non-hydrogen) atoms. The number of carbonyl (C=O) groups is 2. The first-order valence-corrected chi connectivity index (χ1v) is 26.6. The van der Waals surface area contributed by atoms with E-state index in [0.29, 0.717) is 12.8 Å². The van der Waals surface area contributed by atoms with Gasteiger partial charge in [0.2, 0.25) is 0 Å². The average molecular weight is 941 g/mol. The topological polar surface area (TPSA) is 210 Å². The van der Waals surface area contributed by atoms with E-state index in [-0.39, 0.29) is 12.8 Å². The Bertz CT molecular complexity index is 1370. The smallest absolute Gasteiger partial charge is 0.462 e. The van der Waals surface area contributed by atoms with Gasteiger partial charge >= 0.3 is 19.8 Å². The molecule has 0 aliphatic heterocycles. The van der Waals surface area contributed by atoms with Crippen LogP contribution in [0.2, 0.25) is 0 Å². The van der Waals surface area contributed by atoms with Crippen molar-refractivity contribution in [1.82, 2.24) is 0 Å². The Morgan fingerprint density at radius 3 is 1.35 bits per heavy atom. The van der Waals surface area contributed by atoms with Crippen LogP contribution >= 0.6 is 7.82 Å². The third kappa shape index (κ3) is 32.8. The van der Waals surface area contributed by atoms with Crippen molar-refractivity contribution in [3.63, 3.8) is 0 Å². The number of hydrogen-bond donors (Lipinski definition) is 6. The van der Waals surface area contributed by atoms with Crippen LogP contribution in [0.25, 0.3) is 0 Å². The molecule has 376 valence electrons. The number of phosphoric acid groups is 1. The van der Waals surface area contributed by atoms with Crippen LogP contribution in [0.5, 0.6) is 0 Å². The molecular weight excluding hydrogens is 852 g/mol. The quantitative estimate of drug-likeness (QED) is 0.0146. The van der Waals surface area contributed by atoms with Crippen molar-refractivity contribution in [2.45, 2.75) is 236 Å². The molecule has 6 unspecified atom stereocenters. The van der Waals surface area contributed by atoms with E-state index in [9.17, 15) is 44.6 Å². The van der Waals surface area contributed by atoms with Gasteiger partial charge in [-0.15, -0.1) is 0 Å². The van der Waals surface area contributed by atoms with E-state index in [4.69, 9.17) is 18.5 Å². The Hall–Kier alpha value is -2.45. The summed E-state index contributed by atoms with van der Waals surface area (Å²) in [4.78, 5) is 35.8. The van der Waals surface area contributed by atoms with E-state index < -0.39 is 75.7 Å². The minimum atomic E-state index is -5.13. The molecule has 13 nitrogen and oxygen atoms in total. The largest absolute Gasteiger partial charge is 0.472 e. The van der Waals surface area contributed by atoms with Gasteiger partial charge in [0.05, 0.1) is 6.61 Å². The number of rotatable bonds is 41. The van der Waals surface area contributed by atoms with Crippen molar-refractivity contribution in [3.05, 3.63) is 60.8 Å². The molecule has 0 spiro atoms. The highest BCUT2D eigenvalue weighted by atomic mass is 31.2. The molecule has 0 aromatic rings. The molecule has 0 aromatic heterocycles. The lowest BCUT2D eigenvalue weighted by Gasteiger charge is -2.41. The first kappa shape index (κ1) is 60.6. The van der Waals surface area contributed by atoms with Gasteiger partial charge in [-0.25, -0.2) is 4.57 Å². The summed E-state index contributed by atoms with van der Waals surface area (Å²) >= 11 is 0. The number of aliphatic hydroxyl groups excluding tert-OH is 5. The molecule has 0 radical (unpaired) electrons. The summed E-state index contributed by atoms with van der Waals surface area (Å²) in [6.45, 7) is 3.18. The second kappa shape index (κ2) is 40.6. The molecule has 0 bridgehead atoms. The van der Waals surface area contributed by atoms with Gasteiger partial charge in [-0.3, -0.25) is 18.6 Å². The molecule has 0 saturated heterocycles. The van der Waals surface area contributed by atoms with Crippen LogP contribution in [0, 0.1) is 0 Å². The third-order valence-electron chi connectivity index (χ3n) is 11.3. The monoisotopic (exact) mass is 941 g/mol. The highest BCUT2D eigenvalue weighted by molar-refractivity contribution is 7.47. The van der Waals surface area contributed by atoms with Crippen molar-refractivity contribution in [3.8, 4) is 0 Å². The molecule has 14 heteroatoms. The lowest BCUT2D eigenvalue weighted by Crippen LogP contribution is -2.64. The zero-order chi connectivity index (χ0) is 47.8. The Labute approximate surface area is 392 Å². The van der Waals surface area contributed by atoms with Gasteiger partial charge in [-0.2, -0.15) is 0 Å². The maximum atomic E-state index is 12.8. The number of phosphoric ester groups is 1. The van der Waals surface area contributed by atoms with Crippen LogP contribution in [-0.2, 0) is 32.7 Å². The summed E-state index contributed by atoms with van der Waals surface area (Å²) in [5.74, 6) is -1.12. The lowest BCUT2D eigenvalue weighted by molar-refractivity contribution is -0.220. The number of aliphatic hydroxyl groups is 5. The number of allylic oxidation sites excluding steroid dienone is 10. The molecule has 0 aromatic carbocycles. The van der Waals surface area contributed by atoms with Gasteiger partial charge in [0.15, 0.2) is 6.10 Å². The molecule has 1 saturated carbocycles. The molecule has 1 fully saturated rings. The highest BCUT2D eigenvalue weighted by Crippen LogP contribution is 2.47. The number of unbranched alkanes of at least 4 members (excludes halogenated alkanes) is 19. The molecule has 1 rings (SSSR count). The van der Waals surface area contributed by atoms with Gasteiger partial charge in [-0.05, 0) is 77.0 Å². The Morgan fingerprint density at radius 1 is 0.492 bits per heavy atom. The highest BCUT2D eigenvalue weighted by Gasteiger charge is 2.51. The predicted octanol–water partition coefficient (Wildman–Crippen LogP) is 10.5. The summed E-state index contributed by atoms with van der Waals surface area (Å²) in [6, 6.07) is 0. The summed E-state index contributed by atoms with van der Waals surface area (Å²) in [5, 5.41) is 50.2. The van der Waals surface area contributed by atoms with E-state index in [1.54, 1.807) is 0 Å². The lowest BCUT2D eigenvalue weighted by atomic mass is 9.85. The van der Waals surface area contributed by atoms with Crippen molar-refractivity contribution in [2.75, 3.05) is 13.2 Å². The summed E-state index contributed by atoms with van der Waals surface area (Å²) in [5.41, 5.74) is 0. The fourth-order valence-corrected chi connectivity index (χ4v) is 8.30. The Kier molecular flexibility index (Phi) is 37.8. The van der Waals surface area contributed by atoms with Crippen molar-refractivity contribution < 1.29 is 63.1 Å². The zero-order valence-corrected chi connectivity index (χ0v) is 40.9. The van der Waals surface area contributed by atoms with Gasteiger partial charge in [0.1, 0.15) is 43.2 Å². The molecule has 6 atom stereocenters. The Morgan fingerprint density at radius 2 is 0.877 bits per heavy atom. The second-order valence-corrected chi connectivity index (χ2v) is 18.7. The van der Waals surface area contributed by atoms with Crippen molar-refractivity contribution >= 4 is 19.8 Å². The predicted molar refractivity (Wildman–Crippen MR) is 258 cm³/mol. The minimum Gasteiger partial charge on any atom is -0.462 e. The number of hydrogen-bond acceptors (Lipinski definition) is 12. The molecule has 0 amide bonds. The normalized spacial score (nSPS) is 21.9. The van der Waals surface area contributed by atoms with Crippen LogP contribution < -0.4 is 0 Å². The maximum absolute atomic E-state index is 12.8. The fourth-order valence-electron chi connectivity index (χ4n) is 7.33. The third-order valence-corrected chi connectivity index (χ3v) is 12.3. The Balaban J connectivity index is 2.42. The summed E-state index contributed by atoms with van der Waals surface area (Å²) in [7, 11) is -5.13. The zero-order valence-electron chi connectivity index (χ0n) is 40.0. The van der Waals surface area contributed by atoms with Gasteiger partial charge in [0.25, 0.3) is 0 Å². The molecule has 6 N–H and O–H groups in total. The van der Waals surface area contributed by atoms with Crippen LogP contribution in [0.3, 0.4) is 0 Å². The first-order valence-electron chi connectivity index (χ1n) is 25.1. The van der Waals surface area contributed by atoms with Crippen molar-refractivity contribution in [2.24, 2.45) is 0 Å². The number of ether oxygens (including phenoxy) is 2. The van der Waals surface area contributed by atoms with E-state index in [1.165, 1.54) is 44.9 Å². The van der Waals surface area contributed by atoms with E-state index in [1.807, 2.05) is 0 Å². The van der Waals surface area contributed by atoms with E-state index >= 15 is 0 Å². The van der Waals surface area contributed by atoms with Gasteiger partial charge < -0.3 is 39.9 Å². The van der Waals surface area contributed by atoms with Crippen LogP contribution in [0.4, 0.5) is 0 Å². The molecule has 1 aliphatic carbocycles. The fraction of sp³-hybridized carbons (Fsp3) is 0.765. The average Bonchev–Trinajstić information content (AvgIpc) is 3.29. The standard InChI is InChI=1S/C51H89O13P/c1-3-5-7-9-11-13-15-17-19-20-21-22-23-24-26-28-30-32-34-36-38-40-45(53)63-43(42-62-65(59,60)64-51-49(57)47(55)46(54)48(56)50(51)58)41-61-44(52)39-37-35-33-31-29-27-25-18-16-14-12-10-8-6-4-2/h5,7,11,13,17-19,21-22,25,43,46-51,54-58H,3-4,6,8-10,12,14-16,20,23-24,26-42H2,1-2H3,(H,59,60)/b7-5-,13-11-,19-17-,22-21-,25-18-. The van der Waals surface area contributed by atoms with Crippen LogP contribution in [-0.4, -0.2) is 98.3 Å². The molecule has 1 aliphatic rings. The summed E-state index contributed by atoms with van der Waals surface area (Å²) in [6.07, 6.45) is 36.9. The number of esters is 2. The minimum absolute atomic E-state index is 0.0834. The van der Waals surface area contributed by atoms with Crippen LogP contribution in [0.1, 0.15) is 194 Å². The number of carbonyl (C=O) groups excluding carboxylic acids is 2.